The fraction of sp³-hybridized carbons (Fsp3) is 0.263. The minimum absolute atomic E-state index is 0.174. The third-order valence-electron chi connectivity index (χ3n) is 4.21. The maximum Gasteiger partial charge on any atom is 0.416 e. The molecule has 0 unspecified atom stereocenters. The van der Waals surface area contributed by atoms with Gasteiger partial charge in [0, 0.05) is 24.1 Å². The number of halogens is 4. The van der Waals surface area contributed by atoms with Crippen molar-refractivity contribution in [2.24, 2.45) is 0 Å². The van der Waals surface area contributed by atoms with Crippen molar-refractivity contribution >= 4 is 17.3 Å². The van der Waals surface area contributed by atoms with E-state index in [-0.39, 0.29) is 18.3 Å². The second-order valence-electron chi connectivity index (χ2n) is 6.27. The summed E-state index contributed by atoms with van der Waals surface area (Å²) in [4.78, 5) is 4.20. The summed E-state index contributed by atoms with van der Waals surface area (Å²) in [7, 11) is 0. The molecule has 1 aliphatic heterocycles. The summed E-state index contributed by atoms with van der Waals surface area (Å²) >= 11 is 6.28. The lowest BCUT2D eigenvalue weighted by molar-refractivity contribution is -0.137. The van der Waals surface area contributed by atoms with E-state index in [1.165, 1.54) is 12.1 Å². The van der Waals surface area contributed by atoms with Crippen LogP contribution in [0.25, 0.3) is 11.4 Å². The van der Waals surface area contributed by atoms with Gasteiger partial charge in [-0.25, -0.2) is 0 Å². The molecule has 0 fully saturated rings. The van der Waals surface area contributed by atoms with Gasteiger partial charge in [-0.05, 0) is 12.1 Å². The number of anilines is 1. The summed E-state index contributed by atoms with van der Waals surface area (Å²) in [5.74, 6) is 1.62. The number of hydrogen-bond donors (Lipinski definition) is 1. The first kappa shape index (κ1) is 19.4. The summed E-state index contributed by atoms with van der Waals surface area (Å²) in [6.07, 6.45) is -3.61. The fourth-order valence-electron chi connectivity index (χ4n) is 2.74. The van der Waals surface area contributed by atoms with Crippen molar-refractivity contribution < 1.29 is 27.2 Å². The Hall–Kier alpha value is -2.94. The van der Waals surface area contributed by atoms with E-state index < -0.39 is 11.7 Å². The quantitative estimate of drug-likeness (QED) is 0.621. The van der Waals surface area contributed by atoms with Crippen LogP contribution in [0.3, 0.4) is 0 Å². The van der Waals surface area contributed by atoms with Gasteiger partial charge in [0.25, 0.3) is 0 Å². The highest BCUT2D eigenvalue weighted by atomic mass is 35.5. The van der Waals surface area contributed by atoms with Gasteiger partial charge >= 0.3 is 6.18 Å². The number of alkyl halides is 3. The minimum atomic E-state index is -4.40. The lowest BCUT2D eigenvalue weighted by atomic mass is 10.1. The van der Waals surface area contributed by atoms with E-state index in [1.54, 1.807) is 12.1 Å². The molecule has 0 aliphatic carbocycles. The van der Waals surface area contributed by atoms with Crippen molar-refractivity contribution in [3.05, 3.63) is 52.9 Å². The molecule has 0 amide bonds. The van der Waals surface area contributed by atoms with E-state index >= 15 is 0 Å². The van der Waals surface area contributed by atoms with Gasteiger partial charge in [-0.2, -0.15) is 18.2 Å². The molecule has 1 aromatic heterocycles. The average molecular weight is 426 g/mol. The molecule has 29 heavy (non-hydrogen) atoms. The van der Waals surface area contributed by atoms with E-state index in [2.05, 4.69) is 15.5 Å². The van der Waals surface area contributed by atoms with Gasteiger partial charge in [0.2, 0.25) is 11.7 Å². The van der Waals surface area contributed by atoms with Crippen LogP contribution >= 0.6 is 11.6 Å². The summed E-state index contributed by atoms with van der Waals surface area (Å²) in [6, 6.07) is 7.95. The lowest BCUT2D eigenvalue weighted by Gasteiger charge is -2.12. The van der Waals surface area contributed by atoms with Gasteiger partial charge in [0.05, 0.1) is 36.0 Å². The smallest absolute Gasteiger partial charge is 0.416 e. The van der Waals surface area contributed by atoms with Gasteiger partial charge in [-0.15, -0.1) is 0 Å². The number of ether oxygens (including phenoxy) is 2. The summed E-state index contributed by atoms with van der Waals surface area (Å²) < 4.78 is 54.4. The second-order valence-corrected chi connectivity index (χ2v) is 6.68. The van der Waals surface area contributed by atoms with Crippen molar-refractivity contribution in [1.82, 2.24) is 10.1 Å². The molecule has 1 aliphatic rings. The molecular weight excluding hydrogens is 411 g/mol. The molecule has 4 rings (SSSR count). The Morgan fingerprint density at radius 1 is 1.03 bits per heavy atom. The highest BCUT2D eigenvalue weighted by Gasteiger charge is 2.30. The summed E-state index contributed by atoms with van der Waals surface area (Å²) in [6.45, 7) is 1.28. The first-order valence-electron chi connectivity index (χ1n) is 8.73. The van der Waals surface area contributed by atoms with Crippen LogP contribution in [0.2, 0.25) is 5.02 Å². The molecule has 0 saturated carbocycles. The molecule has 10 heteroatoms. The monoisotopic (exact) mass is 425 g/mol. The number of fused-ring (bicyclic) bond motifs is 1. The van der Waals surface area contributed by atoms with Crippen molar-refractivity contribution in [3.8, 4) is 22.9 Å². The Morgan fingerprint density at radius 2 is 1.72 bits per heavy atom. The minimum Gasteiger partial charge on any atom is -0.490 e. The predicted octanol–water partition coefficient (Wildman–Crippen LogP) is 5.18. The number of hydrogen-bond acceptors (Lipinski definition) is 6. The summed E-state index contributed by atoms with van der Waals surface area (Å²) in [5.41, 5.74) is 0.280. The molecule has 1 N–H and O–H groups in total. The van der Waals surface area contributed by atoms with Gasteiger partial charge in [0.15, 0.2) is 11.5 Å². The predicted molar refractivity (Wildman–Crippen MR) is 99.1 cm³/mol. The molecule has 0 bridgehead atoms. The highest BCUT2D eigenvalue weighted by molar-refractivity contribution is 6.33. The van der Waals surface area contributed by atoms with Crippen molar-refractivity contribution in [2.45, 2.75) is 19.1 Å². The Kier molecular flexibility index (Phi) is 5.23. The number of nitrogens with one attached hydrogen (secondary N) is 1. The van der Waals surface area contributed by atoms with Crippen molar-refractivity contribution in [3.63, 3.8) is 0 Å². The van der Waals surface area contributed by atoms with Crippen LogP contribution in [0.15, 0.2) is 40.9 Å². The van der Waals surface area contributed by atoms with Gasteiger partial charge in [-0.3, -0.25) is 0 Å². The normalized spacial score (nSPS) is 13.8. The van der Waals surface area contributed by atoms with Gasteiger partial charge < -0.3 is 19.3 Å². The van der Waals surface area contributed by atoms with E-state index in [0.29, 0.717) is 41.0 Å². The van der Waals surface area contributed by atoms with Crippen LogP contribution in [0.1, 0.15) is 17.9 Å². The maximum absolute atomic E-state index is 12.7. The molecule has 3 aromatic rings. The lowest BCUT2D eigenvalue weighted by Crippen LogP contribution is -2.04. The number of aromatic nitrogens is 2. The van der Waals surface area contributed by atoms with E-state index in [1.807, 2.05) is 0 Å². The Bertz CT molecular complexity index is 1010. The summed E-state index contributed by atoms with van der Waals surface area (Å²) in [5, 5.41) is 7.33. The molecule has 2 aromatic carbocycles. The number of nitrogens with zero attached hydrogens (tertiary/aromatic N) is 2. The first-order valence-corrected chi connectivity index (χ1v) is 9.11. The van der Waals surface area contributed by atoms with E-state index in [0.717, 1.165) is 18.6 Å². The number of benzene rings is 2. The molecular formula is C19H15ClF3N3O3. The van der Waals surface area contributed by atoms with Crippen LogP contribution in [0.4, 0.5) is 18.9 Å². The second kappa shape index (κ2) is 7.82. The average Bonchev–Trinajstić information content (AvgIpc) is 3.05. The SMILES string of the molecule is FC(F)(F)c1ccc(-c2noc(CNc3cc4c(cc3Cl)OCCCO4)n2)cc1. The zero-order valence-electron chi connectivity index (χ0n) is 14.9. The zero-order valence-corrected chi connectivity index (χ0v) is 15.7. The van der Waals surface area contributed by atoms with Gasteiger partial charge in [0.1, 0.15) is 0 Å². The maximum atomic E-state index is 12.7. The fourth-order valence-corrected chi connectivity index (χ4v) is 2.96. The Morgan fingerprint density at radius 3 is 2.41 bits per heavy atom. The van der Waals surface area contributed by atoms with Crippen LogP contribution in [0, 0.1) is 0 Å². The highest BCUT2D eigenvalue weighted by Crippen LogP contribution is 2.38. The standard InChI is InChI=1S/C19H15ClF3N3O3/c20-13-8-15-16(28-7-1-6-27-15)9-14(13)24-10-17-25-18(26-29-17)11-2-4-12(5-3-11)19(21,22)23/h2-5,8-9,24H,1,6-7,10H2. The van der Waals surface area contributed by atoms with E-state index in [9.17, 15) is 13.2 Å². The van der Waals surface area contributed by atoms with Crippen LogP contribution in [-0.2, 0) is 12.7 Å². The largest absolute Gasteiger partial charge is 0.490 e. The molecule has 2 heterocycles. The van der Waals surface area contributed by atoms with Crippen LogP contribution < -0.4 is 14.8 Å². The molecule has 0 spiro atoms. The third-order valence-corrected chi connectivity index (χ3v) is 4.52. The molecule has 152 valence electrons. The Labute approximate surface area is 168 Å². The van der Waals surface area contributed by atoms with Crippen molar-refractivity contribution in [1.29, 1.82) is 0 Å². The van der Waals surface area contributed by atoms with Crippen molar-refractivity contribution in [2.75, 3.05) is 18.5 Å². The zero-order chi connectivity index (χ0) is 20.4. The topological polar surface area (TPSA) is 69.4 Å². The first-order chi connectivity index (χ1) is 13.9. The molecule has 0 saturated heterocycles. The van der Waals surface area contributed by atoms with E-state index in [4.69, 9.17) is 25.6 Å². The molecule has 0 radical (unpaired) electrons. The number of rotatable bonds is 4. The van der Waals surface area contributed by atoms with Crippen LogP contribution in [-0.4, -0.2) is 23.4 Å². The van der Waals surface area contributed by atoms with Crippen LogP contribution in [0.5, 0.6) is 11.5 Å². The third kappa shape index (κ3) is 4.40. The molecule has 0 atom stereocenters. The Balaban J connectivity index is 1.45. The van der Waals surface area contributed by atoms with Gasteiger partial charge in [-0.1, -0.05) is 28.9 Å². The molecule has 6 nitrogen and oxygen atoms in total.